The monoisotopic (exact) mass is 418 g/mol. The number of ether oxygens (including phenoxy) is 1. The molecule has 0 bridgehead atoms. The summed E-state index contributed by atoms with van der Waals surface area (Å²) in [7, 11) is 1.30. The van der Waals surface area contributed by atoms with Crippen molar-refractivity contribution in [2.75, 3.05) is 12.8 Å². The molecule has 0 unspecified atom stereocenters. The number of aromatic nitrogens is 3. The summed E-state index contributed by atoms with van der Waals surface area (Å²) in [6.07, 6.45) is 1.48. The van der Waals surface area contributed by atoms with Gasteiger partial charge in [0.1, 0.15) is 11.4 Å². The minimum absolute atomic E-state index is 0.204. The van der Waals surface area contributed by atoms with Crippen LogP contribution in [0.3, 0.4) is 0 Å². The van der Waals surface area contributed by atoms with Gasteiger partial charge in [-0.1, -0.05) is 12.1 Å². The molecule has 1 aromatic carbocycles. The lowest BCUT2D eigenvalue weighted by Gasteiger charge is -2.04. The third-order valence-electron chi connectivity index (χ3n) is 3.23. The lowest BCUT2D eigenvalue weighted by Crippen LogP contribution is -2.08. The molecule has 0 saturated carbocycles. The van der Waals surface area contributed by atoms with Gasteiger partial charge in [-0.2, -0.15) is 7.99 Å². The second kappa shape index (κ2) is 6.26. The lowest BCUT2D eigenvalue weighted by atomic mass is 10.1. The third-order valence-corrected chi connectivity index (χ3v) is 3.93. The van der Waals surface area contributed by atoms with Crippen molar-refractivity contribution in [2.24, 2.45) is 0 Å². The molecule has 2 N–H and O–H groups in total. The highest BCUT2D eigenvalue weighted by Crippen LogP contribution is 2.20. The van der Waals surface area contributed by atoms with Crippen molar-refractivity contribution < 1.29 is 9.53 Å². The van der Waals surface area contributed by atoms with Crippen LogP contribution in [0, 0.1) is 11.8 Å². The topological polar surface area (TPSA) is 83.0 Å². The number of anilines is 1. The fraction of sp³-hybridized carbons (Fsp3) is 0.0625. The number of halogens is 1. The molecule has 0 saturated heterocycles. The second-order valence-corrected chi connectivity index (χ2v) is 5.50. The predicted octanol–water partition coefficient (Wildman–Crippen LogP) is 2.40. The number of pyridine rings is 1. The van der Waals surface area contributed by atoms with E-state index in [2.05, 4.69) is 49.5 Å². The van der Waals surface area contributed by atoms with Crippen molar-refractivity contribution in [3.8, 4) is 11.8 Å². The van der Waals surface area contributed by atoms with Crippen LogP contribution in [0.15, 0.2) is 36.5 Å². The number of nitrogens with zero attached hydrogens (tertiary/aromatic N) is 3. The van der Waals surface area contributed by atoms with Crippen LogP contribution < -0.4 is 5.73 Å². The molecule has 0 fully saturated rings. The van der Waals surface area contributed by atoms with Crippen LogP contribution in [0.4, 0.5) is 5.69 Å². The van der Waals surface area contributed by atoms with Gasteiger partial charge in [0, 0.05) is 11.6 Å². The summed E-state index contributed by atoms with van der Waals surface area (Å²) < 4.78 is 6.37. The van der Waals surface area contributed by atoms with Gasteiger partial charge in [-0.05, 0) is 30.0 Å². The number of rotatable bonds is 1. The first kappa shape index (κ1) is 15.3. The first-order valence-corrected chi connectivity index (χ1v) is 7.57. The first-order valence-electron chi connectivity index (χ1n) is 6.60. The fourth-order valence-corrected chi connectivity index (χ4v) is 2.71. The van der Waals surface area contributed by atoms with E-state index in [1.807, 2.05) is 24.3 Å². The Bertz CT molecular complexity index is 969. The van der Waals surface area contributed by atoms with Gasteiger partial charge in [-0.15, -0.1) is 0 Å². The molecule has 0 spiro atoms. The van der Waals surface area contributed by atoms with Crippen molar-refractivity contribution >= 4 is 45.4 Å². The molecule has 2 heterocycles. The van der Waals surface area contributed by atoms with Crippen molar-refractivity contribution in [1.82, 2.24) is 13.0 Å². The molecule has 0 radical (unpaired) electrons. The Hall–Kier alpha value is -2.60. The van der Waals surface area contributed by atoms with Gasteiger partial charge in [0.25, 0.3) is 0 Å². The van der Waals surface area contributed by atoms with Crippen LogP contribution in [-0.4, -0.2) is 26.1 Å². The van der Waals surface area contributed by atoms with E-state index in [1.54, 1.807) is 2.90 Å². The molecule has 0 aliphatic heterocycles. The molecule has 3 rings (SSSR count). The van der Waals surface area contributed by atoms with Crippen molar-refractivity contribution in [2.45, 2.75) is 0 Å². The van der Waals surface area contributed by atoms with E-state index in [0.29, 0.717) is 5.69 Å². The van der Waals surface area contributed by atoms with Gasteiger partial charge in [-0.3, -0.25) is 0 Å². The van der Waals surface area contributed by atoms with Crippen LogP contribution in [0.25, 0.3) is 10.9 Å². The molecular weight excluding hydrogens is 407 g/mol. The lowest BCUT2D eigenvalue weighted by molar-refractivity contribution is 0.0602. The van der Waals surface area contributed by atoms with Crippen molar-refractivity contribution in [3.05, 3.63) is 53.5 Å². The van der Waals surface area contributed by atoms with E-state index >= 15 is 0 Å². The molecule has 0 aliphatic rings. The third kappa shape index (κ3) is 2.85. The number of carbonyl (C=O) groups excluding carboxylic acids is 1. The molecule has 6 nitrogen and oxygen atoms in total. The molecule has 3 aromatic rings. The van der Waals surface area contributed by atoms with Crippen molar-refractivity contribution in [1.29, 1.82) is 0 Å². The average molecular weight is 418 g/mol. The Morgan fingerprint density at radius 1 is 1.30 bits per heavy atom. The summed E-state index contributed by atoms with van der Waals surface area (Å²) in [5.41, 5.74) is 8.34. The van der Waals surface area contributed by atoms with Crippen LogP contribution in [-0.2, 0) is 4.74 Å². The van der Waals surface area contributed by atoms with Gasteiger partial charge < -0.3 is 10.5 Å². The van der Waals surface area contributed by atoms with Crippen LogP contribution in [0.2, 0.25) is 0 Å². The minimum atomic E-state index is -0.516. The Morgan fingerprint density at radius 2 is 2.09 bits per heavy atom. The standard InChI is InChI=1S/C16H11IN4O2/c1-23-16(22)11-8-9-19-13(15(11)18)6-7-14-10-4-2-3-5-12(10)20-21(14)17/h2-5,8-9H,18H2,1H3. The molecule has 0 aliphatic carbocycles. The average Bonchev–Trinajstić information content (AvgIpc) is 2.88. The zero-order chi connectivity index (χ0) is 16.4. The SMILES string of the molecule is COC(=O)c1ccnc(C#Cc2c3ccccc3nn2I)c1N. The summed E-state index contributed by atoms with van der Waals surface area (Å²) >= 11 is 2.07. The van der Waals surface area contributed by atoms with E-state index in [1.165, 1.54) is 19.4 Å². The van der Waals surface area contributed by atoms with E-state index in [9.17, 15) is 4.79 Å². The number of nitrogens with two attached hydrogens (primary N) is 1. The van der Waals surface area contributed by atoms with Crippen LogP contribution >= 0.6 is 22.9 Å². The number of hydrogen-bond donors (Lipinski definition) is 1. The summed E-state index contributed by atoms with van der Waals surface area (Å²) in [5.74, 6) is 5.42. The number of methoxy groups -OCH3 is 1. The molecule has 7 heteroatoms. The van der Waals surface area contributed by atoms with Gasteiger partial charge in [0.15, 0.2) is 0 Å². The maximum absolute atomic E-state index is 11.7. The van der Waals surface area contributed by atoms with Gasteiger partial charge in [-0.25, -0.2) is 9.78 Å². The summed E-state index contributed by atoms with van der Waals surface area (Å²) in [6, 6.07) is 9.21. The van der Waals surface area contributed by atoms with E-state index in [-0.39, 0.29) is 11.3 Å². The molecular formula is C16H11IN4O2. The summed E-state index contributed by atoms with van der Waals surface area (Å²) in [6.45, 7) is 0. The summed E-state index contributed by atoms with van der Waals surface area (Å²) in [5, 5.41) is 5.32. The van der Waals surface area contributed by atoms with Crippen LogP contribution in [0.1, 0.15) is 21.7 Å². The largest absolute Gasteiger partial charge is 0.465 e. The maximum Gasteiger partial charge on any atom is 0.340 e. The first-order chi connectivity index (χ1) is 11.1. The zero-order valence-electron chi connectivity index (χ0n) is 12.1. The number of nitrogen functional groups attached to an aromatic ring is 1. The molecule has 2 aromatic heterocycles. The highest BCUT2D eigenvalue weighted by molar-refractivity contribution is 14.1. The molecule has 0 atom stereocenters. The van der Waals surface area contributed by atoms with E-state index in [0.717, 1.165) is 16.6 Å². The fourth-order valence-electron chi connectivity index (χ4n) is 2.10. The Balaban J connectivity index is 2.08. The highest BCUT2D eigenvalue weighted by atomic mass is 127. The smallest absolute Gasteiger partial charge is 0.340 e. The molecule has 23 heavy (non-hydrogen) atoms. The number of esters is 1. The predicted molar refractivity (Wildman–Crippen MR) is 95.1 cm³/mol. The normalized spacial score (nSPS) is 10.2. The van der Waals surface area contributed by atoms with E-state index < -0.39 is 5.97 Å². The number of fused-ring (bicyclic) bond motifs is 1. The quantitative estimate of drug-likeness (QED) is 0.373. The van der Waals surface area contributed by atoms with E-state index in [4.69, 9.17) is 5.73 Å². The van der Waals surface area contributed by atoms with Crippen LogP contribution in [0.5, 0.6) is 0 Å². The van der Waals surface area contributed by atoms with Crippen molar-refractivity contribution in [3.63, 3.8) is 0 Å². The Kier molecular flexibility index (Phi) is 4.16. The van der Waals surface area contributed by atoms with Gasteiger partial charge in [0.05, 0.1) is 46.7 Å². The van der Waals surface area contributed by atoms with Gasteiger partial charge >= 0.3 is 5.97 Å². The zero-order valence-corrected chi connectivity index (χ0v) is 14.2. The van der Waals surface area contributed by atoms with Gasteiger partial charge in [0.2, 0.25) is 0 Å². The molecule has 114 valence electrons. The minimum Gasteiger partial charge on any atom is -0.465 e. The Labute approximate surface area is 146 Å². The number of hydrogen-bond acceptors (Lipinski definition) is 5. The summed E-state index contributed by atoms with van der Waals surface area (Å²) in [4.78, 5) is 15.8. The second-order valence-electron chi connectivity index (χ2n) is 4.59. The Morgan fingerprint density at radius 3 is 2.87 bits per heavy atom. The molecule has 0 amide bonds. The highest BCUT2D eigenvalue weighted by Gasteiger charge is 2.13. The maximum atomic E-state index is 11.7. The number of benzene rings is 1. The number of carbonyl (C=O) groups is 1.